The van der Waals surface area contributed by atoms with Crippen molar-refractivity contribution in [2.45, 2.75) is 19.1 Å². The lowest BCUT2D eigenvalue weighted by Crippen LogP contribution is -2.39. The highest BCUT2D eigenvalue weighted by Gasteiger charge is 2.17. The van der Waals surface area contributed by atoms with E-state index in [0.717, 1.165) is 0 Å². The molecule has 0 saturated carbocycles. The van der Waals surface area contributed by atoms with Crippen LogP contribution in [0.5, 0.6) is 0 Å². The molecule has 0 aromatic heterocycles. The lowest BCUT2D eigenvalue weighted by Gasteiger charge is -2.25. The molecule has 18 heavy (non-hydrogen) atoms. The molecule has 0 aliphatic rings. The SMILES string of the molecule is COC(C)C(=O)NCC(c1ccccc1)N(C)C. The molecule has 1 aromatic carbocycles. The molecular weight excluding hydrogens is 228 g/mol. The Balaban J connectivity index is 2.63. The molecule has 100 valence electrons. The summed E-state index contributed by atoms with van der Waals surface area (Å²) in [5.74, 6) is -0.0831. The molecule has 0 aliphatic carbocycles. The van der Waals surface area contributed by atoms with E-state index in [0.29, 0.717) is 6.54 Å². The first-order valence-corrected chi connectivity index (χ1v) is 6.08. The van der Waals surface area contributed by atoms with Crippen LogP contribution in [0.4, 0.5) is 0 Å². The Morgan fingerprint density at radius 3 is 2.44 bits per heavy atom. The molecule has 0 heterocycles. The number of carbonyl (C=O) groups excluding carboxylic acids is 1. The molecule has 1 N–H and O–H groups in total. The van der Waals surface area contributed by atoms with Crippen LogP contribution in [-0.2, 0) is 9.53 Å². The molecular formula is C14H22N2O2. The van der Waals surface area contributed by atoms with Gasteiger partial charge in [-0.3, -0.25) is 4.79 Å². The van der Waals surface area contributed by atoms with Crippen LogP contribution in [0.1, 0.15) is 18.5 Å². The molecule has 2 unspecified atom stereocenters. The maximum atomic E-state index is 11.7. The highest BCUT2D eigenvalue weighted by molar-refractivity contribution is 5.80. The summed E-state index contributed by atoms with van der Waals surface area (Å²) in [7, 11) is 5.54. The zero-order valence-corrected chi connectivity index (χ0v) is 11.5. The minimum atomic E-state index is -0.413. The van der Waals surface area contributed by atoms with Crippen LogP contribution < -0.4 is 5.32 Å². The molecule has 0 fully saturated rings. The molecule has 0 bridgehead atoms. The number of likely N-dealkylation sites (N-methyl/N-ethyl adjacent to an activating group) is 1. The Bertz CT molecular complexity index is 365. The van der Waals surface area contributed by atoms with Gasteiger partial charge in [-0.2, -0.15) is 0 Å². The fraction of sp³-hybridized carbons (Fsp3) is 0.500. The van der Waals surface area contributed by atoms with Crippen LogP contribution >= 0.6 is 0 Å². The normalized spacial score (nSPS) is 14.3. The van der Waals surface area contributed by atoms with E-state index >= 15 is 0 Å². The highest BCUT2D eigenvalue weighted by Crippen LogP contribution is 2.16. The average Bonchev–Trinajstić information content (AvgIpc) is 2.38. The zero-order valence-electron chi connectivity index (χ0n) is 11.5. The van der Waals surface area contributed by atoms with Crippen molar-refractivity contribution in [3.05, 3.63) is 35.9 Å². The van der Waals surface area contributed by atoms with Gasteiger partial charge in [0.05, 0.1) is 6.04 Å². The number of nitrogens with one attached hydrogen (secondary N) is 1. The quantitative estimate of drug-likeness (QED) is 0.830. The zero-order chi connectivity index (χ0) is 13.5. The molecule has 1 aromatic rings. The van der Waals surface area contributed by atoms with Crippen LogP contribution in [0.2, 0.25) is 0 Å². The van der Waals surface area contributed by atoms with Crippen molar-refractivity contribution in [1.82, 2.24) is 10.2 Å². The van der Waals surface area contributed by atoms with E-state index in [4.69, 9.17) is 4.74 Å². The van der Waals surface area contributed by atoms with E-state index in [9.17, 15) is 4.79 Å². The molecule has 4 nitrogen and oxygen atoms in total. The second-order valence-electron chi connectivity index (χ2n) is 4.51. The number of amides is 1. The Hall–Kier alpha value is -1.39. The van der Waals surface area contributed by atoms with Crippen molar-refractivity contribution < 1.29 is 9.53 Å². The third kappa shape index (κ3) is 4.13. The van der Waals surface area contributed by atoms with E-state index < -0.39 is 6.10 Å². The average molecular weight is 250 g/mol. The number of carbonyl (C=O) groups is 1. The number of ether oxygens (including phenoxy) is 1. The maximum Gasteiger partial charge on any atom is 0.248 e. The second-order valence-corrected chi connectivity index (χ2v) is 4.51. The molecule has 0 saturated heterocycles. The van der Waals surface area contributed by atoms with Gasteiger partial charge < -0.3 is 15.0 Å². The van der Waals surface area contributed by atoms with Gasteiger partial charge in [0.2, 0.25) is 5.91 Å². The Labute approximate surface area is 109 Å². The van der Waals surface area contributed by atoms with E-state index in [1.54, 1.807) is 6.92 Å². The number of methoxy groups -OCH3 is 1. The van der Waals surface area contributed by atoms with Gasteiger partial charge in [-0.25, -0.2) is 0 Å². The summed E-state index contributed by atoms with van der Waals surface area (Å²) in [6, 6.07) is 10.3. The minimum absolute atomic E-state index is 0.0831. The van der Waals surface area contributed by atoms with E-state index in [2.05, 4.69) is 22.3 Å². The first-order chi connectivity index (χ1) is 8.56. The predicted molar refractivity (Wildman–Crippen MR) is 72.4 cm³/mol. The Morgan fingerprint density at radius 2 is 1.94 bits per heavy atom. The van der Waals surface area contributed by atoms with Crippen molar-refractivity contribution in [2.75, 3.05) is 27.7 Å². The summed E-state index contributed by atoms with van der Waals surface area (Å²) in [6.07, 6.45) is -0.413. The van der Waals surface area contributed by atoms with Gasteiger partial charge in [-0.05, 0) is 26.6 Å². The van der Waals surface area contributed by atoms with Gasteiger partial charge in [-0.15, -0.1) is 0 Å². The minimum Gasteiger partial charge on any atom is -0.372 e. The lowest BCUT2D eigenvalue weighted by atomic mass is 10.1. The van der Waals surface area contributed by atoms with E-state index in [1.807, 2.05) is 32.3 Å². The maximum absolute atomic E-state index is 11.7. The summed E-state index contributed by atoms with van der Waals surface area (Å²) in [6.45, 7) is 2.31. The van der Waals surface area contributed by atoms with Crippen molar-refractivity contribution in [3.8, 4) is 0 Å². The van der Waals surface area contributed by atoms with E-state index in [-0.39, 0.29) is 11.9 Å². The van der Waals surface area contributed by atoms with Crippen LogP contribution in [0.15, 0.2) is 30.3 Å². The smallest absolute Gasteiger partial charge is 0.248 e. The van der Waals surface area contributed by atoms with Gasteiger partial charge in [0.25, 0.3) is 0 Å². The number of hydrogen-bond donors (Lipinski definition) is 1. The molecule has 2 atom stereocenters. The summed E-state index contributed by atoms with van der Waals surface area (Å²) in [4.78, 5) is 13.8. The molecule has 0 aliphatic heterocycles. The molecule has 0 spiro atoms. The summed E-state index contributed by atoms with van der Waals surface area (Å²) in [5, 5.41) is 2.91. The van der Waals surface area contributed by atoms with Gasteiger partial charge in [0.15, 0.2) is 0 Å². The van der Waals surface area contributed by atoms with Crippen molar-refractivity contribution in [2.24, 2.45) is 0 Å². The summed E-state index contributed by atoms with van der Waals surface area (Å²) >= 11 is 0. The van der Waals surface area contributed by atoms with Crippen molar-refractivity contribution >= 4 is 5.91 Å². The Morgan fingerprint density at radius 1 is 1.33 bits per heavy atom. The lowest BCUT2D eigenvalue weighted by molar-refractivity contribution is -0.130. The number of benzene rings is 1. The van der Waals surface area contributed by atoms with Crippen molar-refractivity contribution in [3.63, 3.8) is 0 Å². The summed E-state index contributed by atoms with van der Waals surface area (Å²) < 4.78 is 4.98. The van der Waals surface area contributed by atoms with Gasteiger partial charge in [0, 0.05) is 13.7 Å². The van der Waals surface area contributed by atoms with Gasteiger partial charge >= 0.3 is 0 Å². The van der Waals surface area contributed by atoms with Crippen LogP contribution in [0.3, 0.4) is 0 Å². The first-order valence-electron chi connectivity index (χ1n) is 6.08. The number of hydrogen-bond acceptors (Lipinski definition) is 3. The standard InChI is InChI=1S/C14H22N2O2/c1-11(18-4)14(17)15-10-13(16(2)3)12-8-6-5-7-9-12/h5-9,11,13H,10H2,1-4H3,(H,15,17). The van der Waals surface area contributed by atoms with Crippen LogP contribution in [0.25, 0.3) is 0 Å². The third-order valence-electron chi connectivity index (χ3n) is 3.00. The van der Waals surface area contributed by atoms with Crippen molar-refractivity contribution in [1.29, 1.82) is 0 Å². The summed E-state index contributed by atoms with van der Waals surface area (Å²) in [5.41, 5.74) is 1.19. The molecule has 1 rings (SSSR count). The van der Waals surface area contributed by atoms with E-state index in [1.165, 1.54) is 12.7 Å². The number of nitrogens with zero attached hydrogens (tertiary/aromatic N) is 1. The van der Waals surface area contributed by atoms with Gasteiger partial charge in [0.1, 0.15) is 6.10 Å². The molecule has 0 radical (unpaired) electrons. The largest absolute Gasteiger partial charge is 0.372 e. The molecule has 4 heteroatoms. The topological polar surface area (TPSA) is 41.6 Å². The van der Waals surface area contributed by atoms with Crippen LogP contribution in [0, 0.1) is 0 Å². The Kier molecular flexibility index (Phi) is 5.82. The molecule has 1 amide bonds. The first kappa shape index (κ1) is 14.7. The fourth-order valence-electron chi connectivity index (χ4n) is 1.72. The van der Waals surface area contributed by atoms with Crippen LogP contribution in [-0.4, -0.2) is 44.7 Å². The number of rotatable bonds is 6. The van der Waals surface area contributed by atoms with Gasteiger partial charge in [-0.1, -0.05) is 30.3 Å². The fourth-order valence-corrected chi connectivity index (χ4v) is 1.72. The monoisotopic (exact) mass is 250 g/mol. The highest BCUT2D eigenvalue weighted by atomic mass is 16.5. The third-order valence-corrected chi connectivity index (χ3v) is 3.00. The second kappa shape index (κ2) is 7.13. The predicted octanol–water partition coefficient (Wildman–Crippen LogP) is 1.44.